The van der Waals surface area contributed by atoms with Crippen LogP contribution in [0.2, 0.25) is 0 Å². The molecule has 0 saturated heterocycles. The zero-order valence-electron chi connectivity index (χ0n) is 6.30. The van der Waals surface area contributed by atoms with E-state index in [1.165, 1.54) is 18.0 Å². The number of nitrogens with one attached hydrogen (secondary N) is 1. The smallest absolute Gasteiger partial charge is 0.127 e. The van der Waals surface area contributed by atoms with Gasteiger partial charge in [-0.15, -0.1) is 0 Å². The molecule has 1 N–H and O–H groups in total. The Balaban J connectivity index is 2.62. The summed E-state index contributed by atoms with van der Waals surface area (Å²) in [6.45, 7) is 0. The second kappa shape index (κ2) is 4.36. The van der Waals surface area contributed by atoms with Crippen molar-refractivity contribution in [1.29, 1.82) is 0 Å². The van der Waals surface area contributed by atoms with E-state index in [0.717, 1.165) is 5.56 Å². The molecule has 0 bridgehead atoms. The predicted octanol–water partition coefficient (Wildman–Crippen LogP) is 2.19. The minimum atomic E-state index is -0.129. The topological polar surface area (TPSA) is 12.0 Å². The van der Waals surface area contributed by atoms with Crippen molar-refractivity contribution >= 4 is 11.9 Å². The van der Waals surface area contributed by atoms with E-state index >= 15 is 0 Å². The van der Waals surface area contributed by atoms with Crippen molar-refractivity contribution < 1.29 is 4.39 Å². The Kier molecular flexibility index (Phi) is 3.39. The third-order valence-electron chi connectivity index (χ3n) is 1.33. The zero-order valence-corrected chi connectivity index (χ0v) is 7.12. The van der Waals surface area contributed by atoms with Gasteiger partial charge >= 0.3 is 0 Å². The van der Waals surface area contributed by atoms with Crippen molar-refractivity contribution in [3.05, 3.63) is 35.6 Å². The number of hydrogen-bond acceptors (Lipinski definition) is 2. The Hall–Kier alpha value is -0.540. The molecule has 0 aliphatic heterocycles. The highest BCUT2D eigenvalue weighted by Crippen LogP contribution is 2.11. The lowest BCUT2D eigenvalue weighted by Crippen LogP contribution is -1.94. The quantitative estimate of drug-likeness (QED) is 0.700. The molecule has 0 unspecified atom stereocenters. The molecule has 0 aliphatic carbocycles. The fourth-order valence-corrected chi connectivity index (χ4v) is 1.30. The van der Waals surface area contributed by atoms with Crippen molar-refractivity contribution in [1.82, 2.24) is 4.72 Å². The Morgan fingerprint density at radius 3 is 2.82 bits per heavy atom. The molecule has 3 heteroatoms. The van der Waals surface area contributed by atoms with Crippen LogP contribution in [-0.2, 0) is 5.75 Å². The molecule has 0 aromatic heterocycles. The first-order chi connectivity index (χ1) is 5.34. The van der Waals surface area contributed by atoms with E-state index in [9.17, 15) is 4.39 Å². The molecular weight excluding hydrogens is 161 g/mol. The second-order valence-corrected chi connectivity index (χ2v) is 3.07. The first-order valence-corrected chi connectivity index (χ1v) is 4.35. The lowest BCUT2D eigenvalue weighted by atomic mass is 10.2. The molecule has 1 nitrogen and oxygen atoms in total. The van der Waals surface area contributed by atoms with Gasteiger partial charge in [-0.2, -0.15) is 0 Å². The van der Waals surface area contributed by atoms with Gasteiger partial charge in [0.05, 0.1) is 0 Å². The molecule has 11 heavy (non-hydrogen) atoms. The van der Waals surface area contributed by atoms with Gasteiger partial charge in [0.1, 0.15) is 5.82 Å². The molecule has 0 fully saturated rings. The van der Waals surface area contributed by atoms with Gasteiger partial charge in [-0.05, 0) is 18.7 Å². The minimum Gasteiger partial charge on any atom is -0.267 e. The van der Waals surface area contributed by atoms with Crippen molar-refractivity contribution in [2.24, 2.45) is 0 Å². The van der Waals surface area contributed by atoms with Gasteiger partial charge in [-0.3, -0.25) is 4.72 Å². The molecule has 60 valence electrons. The highest BCUT2D eigenvalue weighted by molar-refractivity contribution is 7.96. The largest absolute Gasteiger partial charge is 0.267 e. The molecule has 0 atom stereocenters. The minimum absolute atomic E-state index is 0.129. The Morgan fingerprint density at radius 2 is 2.18 bits per heavy atom. The highest BCUT2D eigenvalue weighted by Gasteiger charge is 1.98. The summed E-state index contributed by atoms with van der Waals surface area (Å²) in [7, 11) is 1.82. The van der Waals surface area contributed by atoms with Crippen LogP contribution in [0.1, 0.15) is 5.56 Å². The van der Waals surface area contributed by atoms with Gasteiger partial charge in [0.2, 0.25) is 0 Å². The second-order valence-electron chi connectivity index (χ2n) is 2.08. The van der Waals surface area contributed by atoms with E-state index in [4.69, 9.17) is 0 Å². The van der Waals surface area contributed by atoms with Gasteiger partial charge < -0.3 is 0 Å². The van der Waals surface area contributed by atoms with Gasteiger partial charge in [0, 0.05) is 5.75 Å². The molecule has 1 aromatic carbocycles. The van der Waals surface area contributed by atoms with Crippen LogP contribution in [0, 0.1) is 5.82 Å². The molecule has 0 spiro atoms. The van der Waals surface area contributed by atoms with Crippen LogP contribution in [0.15, 0.2) is 24.3 Å². The highest BCUT2D eigenvalue weighted by atomic mass is 32.2. The average Bonchev–Trinajstić information content (AvgIpc) is 2.03. The predicted molar refractivity (Wildman–Crippen MR) is 46.8 cm³/mol. The van der Waals surface area contributed by atoms with Crippen molar-refractivity contribution in [3.8, 4) is 0 Å². The maximum absolute atomic E-state index is 12.9. The van der Waals surface area contributed by atoms with E-state index in [-0.39, 0.29) is 5.82 Å². The summed E-state index contributed by atoms with van der Waals surface area (Å²) in [5.74, 6) is 0.540. The number of benzene rings is 1. The summed E-state index contributed by atoms with van der Waals surface area (Å²) >= 11 is 1.49. The maximum Gasteiger partial charge on any atom is 0.127 e. The Morgan fingerprint density at radius 1 is 1.45 bits per heavy atom. The summed E-state index contributed by atoms with van der Waals surface area (Å²) in [6, 6.07) is 6.81. The molecule has 1 rings (SSSR count). The van der Waals surface area contributed by atoms with E-state index < -0.39 is 0 Å². The number of hydrogen-bond donors (Lipinski definition) is 1. The summed E-state index contributed by atoms with van der Waals surface area (Å²) in [5, 5.41) is 0. The third kappa shape index (κ3) is 2.52. The van der Waals surface area contributed by atoms with Crippen molar-refractivity contribution in [3.63, 3.8) is 0 Å². The summed E-state index contributed by atoms with van der Waals surface area (Å²) in [5.41, 5.74) is 0.742. The van der Waals surface area contributed by atoms with Gasteiger partial charge in [0.25, 0.3) is 0 Å². The summed E-state index contributed by atoms with van der Waals surface area (Å²) in [4.78, 5) is 0. The first kappa shape index (κ1) is 8.56. The number of halogens is 1. The molecule has 0 saturated carbocycles. The van der Waals surface area contributed by atoms with Crippen LogP contribution < -0.4 is 4.72 Å². The molecular formula is C8H10FNS. The monoisotopic (exact) mass is 171 g/mol. The lowest BCUT2D eigenvalue weighted by Gasteiger charge is -2.00. The van der Waals surface area contributed by atoms with Crippen LogP contribution in [0.3, 0.4) is 0 Å². The summed E-state index contributed by atoms with van der Waals surface area (Å²) < 4.78 is 15.8. The lowest BCUT2D eigenvalue weighted by molar-refractivity contribution is 0.617. The third-order valence-corrected chi connectivity index (χ3v) is 2.07. The van der Waals surface area contributed by atoms with Crippen LogP contribution in [0.5, 0.6) is 0 Å². The molecule has 0 aliphatic rings. The molecule has 0 amide bonds. The first-order valence-electron chi connectivity index (χ1n) is 3.36. The fraction of sp³-hybridized carbons (Fsp3) is 0.250. The van der Waals surface area contributed by atoms with E-state index in [1.54, 1.807) is 12.1 Å². The van der Waals surface area contributed by atoms with Gasteiger partial charge in [0.15, 0.2) is 0 Å². The fourth-order valence-electron chi connectivity index (χ4n) is 0.765. The molecule has 0 radical (unpaired) electrons. The standard InChI is InChI=1S/C8H10FNS/c1-10-11-6-7-4-2-3-5-8(7)9/h2-5,10H,6H2,1H3. The van der Waals surface area contributed by atoms with Gasteiger partial charge in [-0.25, -0.2) is 4.39 Å². The van der Waals surface area contributed by atoms with Crippen LogP contribution >= 0.6 is 11.9 Å². The Labute approximate surface area is 70.1 Å². The van der Waals surface area contributed by atoms with E-state index in [1.807, 2.05) is 13.1 Å². The molecule has 0 heterocycles. The van der Waals surface area contributed by atoms with Crippen LogP contribution in [-0.4, -0.2) is 7.05 Å². The SMILES string of the molecule is CNSCc1ccccc1F. The normalized spacial score (nSPS) is 10.0. The van der Waals surface area contributed by atoms with Crippen LogP contribution in [0.4, 0.5) is 4.39 Å². The maximum atomic E-state index is 12.9. The van der Waals surface area contributed by atoms with Crippen LogP contribution in [0.25, 0.3) is 0 Å². The van der Waals surface area contributed by atoms with E-state index in [2.05, 4.69) is 4.72 Å². The Bertz CT molecular complexity index is 227. The van der Waals surface area contributed by atoms with E-state index in [0.29, 0.717) is 5.75 Å². The molecule has 1 aromatic rings. The van der Waals surface area contributed by atoms with Gasteiger partial charge in [-0.1, -0.05) is 30.1 Å². The average molecular weight is 171 g/mol. The number of rotatable bonds is 3. The van der Waals surface area contributed by atoms with Crippen molar-refractivity contribution in [2.75, 3.05) is 7.05 Å². The zero-order chi connectivity index (χ0) is 8.10. The van der Waals surface area contributed by atoms with Crippen molar-refractivity contribution in [2.45, 2.75) is 5.75 Å². The summed E-state index contributed by atoms with van der Waals surface area (Å²) in [6.07, 6.45) is 0.